The van der Waals surface area contributed by atoms with E-state index in [4.69, 9.17) is 14.2 Å². The molecule has 0 amide bonds. The number of allylic oxidation sites excluding steroid dienone is 11. The molecule has 1 atom stereocenters. The molecule has 0 radical (unpaired) electrons. The van der Waals surface area contributed by atoms with Crippen molar-refractivity contribution >= 4 is 17.9 Å². The Morgan fingerprint density at radius 2 is 0.741 bits per heavy atom. The molecule has 6 nitrogen and oxygen atoms in total. The first-order chi connectivity index (χ1) is 28.5. The lowest BCUT2D eigenvalue weighted by Gasteiger charge is -2.18. The van der Waals surface area contributed by atoms with Gasteiger partial charge in [0.25, 0.3) is 0 Å². The maximum Gasteiger partial charge on any atom is 0.309 e. The molecule has 0 aliphatic carbocycles. The number of rotatable bonds is 42. The molecule has 332 valence electrons. The summed E-state index contributed by atoms with van der Waals surface area (Å²) in [7, 11) is 0. The van der Waals surface area contributed by atoms with E-state index in [1.807, 2.05) is 6.08 Å². The molecule has 0 aromatic heterocycles. The van der Waals surface area contributed by atoms with Crippen LogP contribution >= 0.6 is 0 Å². The third-order valence-corrected chi connectivity index (χ3v) is 9.96. The predicted octanol–water partition coefficient (Wildman–Crippen LogP) is 15.5. The van der Waals surface area contributed by atoms with Crippen LogP contribution in [0.25, 0.3) is 0 Å². The van der Waals surface area contributed by atoms with E-state index in [-0.39, 0.29) is 31.6 Å². The molecule has 0 bridgehead atoms. The second-order valence-electron chi connectivity index (χ2n) is 15.6. The van der Waals surface area contributed by atoms with Gasteiger partial charge in [0.05, 0.1) is 6.42 Å². The second-order valence-corrected chi connectivity index (χ2v) is 15.6. The van der Waals surface area contributed by atoms with Crippen LogP contribution in [0.5, 0.6) is 0 Å². The molecule has 0 spiro atoms. The second kappa shape index (κ2) is 46.5. The third kappa shape index (κ3) is 44.0. The van der Waals surface area contributed by atoms with Gasteiger partial charge in [-0.1, -0.05) is 190 Å². The molecule has 0 saturated heterocycles. The number of unbranched alkanes of at least 4 members (excludes halogenated alkanes) is 20. The summed E-state index contributed by atoms with van der Waals surface area (Å²) in [6.45, 7) is 6.29. The van der Waals surface area contributed by atoms with Crippen LogP contribution < -0.4 is 0 Å². The summed E-state index contributed by atoms with van der Waals surface area (Å²) < 4.78 is 16.6. The Morgan fingerprint density at radius 1 is 0.379 bits per heavy atom. The van der Waals surface area contributed by atoms with Crippen molar-refractivity contribution < 1.29 is 28.6 Å². The van der Waals surface area contributed by atoms with Crippen molar-refractivity contribution in [2.75, 3.05) is 13.2 Å². The maximum absolute atomic E-state index is 12.7. The van der Waals surface area contributed by atoms with Crippen LogP contribution in [0.15, 0.2) is 72.9 Å². The van der Waals surface area contributed by atoms with Gasteiger partial charge in [0, 0.05) is 12.8 Å². The fourth-order valence-corrected chi connectivity index (χ4v) is 6.42. The van der Waals surface area contributed by atoms with E-state index in [0.717, 1.165) is 77.0 Å². The lowest BCUT2D eigenvalue weighted by atomic mass is 10.1. The zero-order valence-corrected chi connectivity index (χ0v) is 37.8. The van der Waals surface area contributed by atoms with E-state index in [2.05, 4.69) is 81.5 Å². The third-order valence-electron chi connectivity index (χ3n) is 9.96. The standard InChI is InChI=1S/C52H88O6/c1-4-7-10-13-16-19-21-23-25-26-27-29-30-33-36-39-42-45-51(54)57-48-49(47-56-50(53)44-41-38-35-32-18-15-12-9-6-3)58-52(55)46-43-40-37-34-31-28-24-22-20-17-14-11-8-5-2/h8-9,11-12,17-18,20,23,25,32,38,41,49H,4-7,10,13-16,19,21-22,24,26-31,33-37,39-40,42-48H2,1-3H3/b11-8-,12-9-,20-17-,25-23-,32-18-,41-38-. The largest absolute Gasteiger partial charge is 0.462 e. The molecule has 0 heterocycles. The molecule has 0 N–H and O–H groups in total. The van der Waals surface area contributed by atoms with Gasteiger partial charge in [-0.15, -0.1) is 0 Å². The Kier molecular flexibility index (Phi) is 44.0. The minimum atomic E-state index is -0.814. The van der Waals surface area contributed by atoms with Crippen LogP contribution in [0, 0.1) is 0 Å². The summed E-state index contributed by atoms with van der Waals surface area (Å²) in [6.07, 6.45) is 57.8. The van der Waals surface area contributed by atoms with Gasteiger partial charge >= 0.3 is 17.9 Å². The molecule has 1 unspecified atom stereocenters. The van der Waals surface area contributed by atoms with Crippen LogP contribution in [-0.4, -0.2) is 37.2 Å². The fraction of sp³-hybridized carbons (Fsp3) is 0.712. The molecule has 0 aliphatic rings. The van der Waals surface area contributed by atoms with Gasteiger partial charge in [-0.3, -0.25) is 14.4 Å². The first kappa shape index (κ1) is 54.9. The summed E-state index contributed by atoms with van der Waals surface area (Å²) in [5.41, 5.74) is 0. The van der Waals surface area contributed by atoms with Gasteiger partial charge in [-0.25, -0.2) is 0 Å². The number of carbonyl (C=O) groups excluding carboxylic acids is 3. The number of carbonyl (C=O) groups is 3. The molecular weight excluding hydrogens is 721 g/mol. The fourth-order valence-electron chi connectivity index (χ4n) is 6.42. The number of ether oxygens (including phenoxy) is 3. The van der Waals surface area contributed by atoms with Crippen LogP contribution in [0.2, 0.25) is 0 Å². The highest BCUT2D eigenvalue weighted by molar-refractivity contribution is 5.72. The summed E-state index contributed by atoms with van der Waals surface area (Å²) in [5.74, 6) is -1.05. The van der Waals surface area contributed by atoms with Crippen molar-refractivity contribution in [1.29, 1.82) is 0 Å². The summed E-state index contributed by atoms with van der Waals surface area (Å²) in [5, 5.41) is 0. The molecule has 0 aromatic rings. The highest BCUT2D eigenvalue weighted by Crippen LogP contribution is 2.14. The lowest BCUT2D eigenvalue weighted by molar-refractivity contribution is -0.166. The average Bonchev–Trinajstić information content (AvgIpc) is 3.22. The van der Waals surface area contributed by atoms with Crippen molar-refractivity contribution in [3.8, 4) is 0 Å². The first-order valence-electron chi connectivity index (χ1n) is 23.9. The number of esters is 3. The van der Waals surface area contributed by atoms with E-state index < -0.39 is 12.1 Å². The zero-order valence-electron chi connectivity index (χ0n) is 37.8. The van der Waals surface area contributed by atoms with Gasteiger partial charge < -0.3 is 14.2 Å². The SMILES string of the molecule is CC/C=C\C/C=C\C/C=C\CC(=O)OCC(COC(=O)CCCCCCCCC/C=C\CCCCCCCC)OC(=O)CCCCCCCCC/C=C\C/C=C\CC. The van der Waals surface area contributed by atoms with Gasteiger partial charge in [0.15, 0.2) is 6.10 Å². The van der Waals surface area contributed by atoms with E-state index in [1.165, 1.54) is 103 Å². The predicted molar refractivity (Wildman–Crippen MR) is 247 cm³/mol. The zero-order chi connectivity index (χ0) is 42.3. The van der Waals surface area contributed by atoms with Crippen molar-refractivity contribution in [3.63, 3.8) is 0 Å². The lowest BCUT2D eigenvalue weighted by Crippen LogP contribution is -2.30. The van der Waals surface area contributed by atoms with E-state index >= 15 is 0 Å². The normalized spacial score (nSPS) is 12.7. The van der Waals surface area contributed by atoms with Crippen molar-refractivity contribution in [2.45, 2.75) is 226 Å². The molecule has 0 saturated carbocycles. The van der Waals surface area contributed by atoms with E-state index in [1.54, 1.807) is 6.08 Å². The monoisotopic (exact) mass is 809 g/mol. The minimum absolute atomic E-state index is 0.108. The smallest absolute Gasteiger partial charge is 0.309 e. The van der Waals surface area contributed by atoms with Crippen molar-refractivity contribution in [3.05, 3.63) is 72.9 Å². The number of hydrogen-bond donors (Lipinski definition) is 0. The van der Waals surface area contributed by atoms with Crippen molar-refractivity contribution in [1.82, 2.24) is 0 Å². The molecule has 0 rings (SSSR count). The Morgan fingerprint density at radius 3 is 1.22 bits per heavy atom. The van der Waals surface area contributed by atoms with Crippen LogP contribution in [0.4, 0.5) is 0 Å². The van der Waals surface area contributed by atoms with Gasteiger partial charge in [0.1, 0.15) is 13.2 Å². The molecule has 58 heavy (non-hydrogen) atoms. The highest BCUT2D eigenvalue weighted by Gasteiger charge is 2.19. The molecule has 0 aromatic carbocycles. The molecule has 0 aliphatic heterocycles. The Balaban J connectivity index is 4.39. The van der Waals surface area contributed by atoms with E-state index in [0.29, 0.717) is 12.8 Å². The average molecular weight is 809 g/mol. The molecule has 0 fully saturated rings. The van der Waals surface area contributed by atoms with Gasteiger partial charge in [0.2, 0.25) is 0 Å². The quantitative estimate of drug-likeness (QED) is 0.0264. The minimum Gasteiger partial charge on any atom is -0.462 e. The molecule has 6 heteroatoms. The Hall–Kier alpha value is -3.15. The van der Waals surface area contributed by atoms with E-state index in [9.17, 15) is 14.4 Å². The van der Waals surface area contributed by atoms with Crippen molar-refractivity contribution in [2.24, 2.45) is 0 Å². The van der Waals surface area contributed by atoms with Gasteiger partial charge in [-0.2, -0.15) is 0 Å². The van der Waals surface area contributed by atoms with Crippen LogP contribution in [0.3, 0.4) is 0 Å². The number of hydrogen-bond acceptors (Lipinski definition) is 6. The topological polar surface area (TPSA) is 78.9 Å². The van der Waals surface area contributed by atoms with Gasteiger partial charge in [-0.05, 0) is 83.5 Å². The molecular formula is C52H88O6. The van der Waals surface area contributed by atoms with Crippen LogP contribution in [0.1, 0.15) is 220 Å². The maximum atomic E-state index is 12.7. The summed E-state index contributed by atoms with van der Waals surface area (Å²) in [4.78, 5) is 37.7. The van der Waals surface area contributed by atoms with Crippen LogP contribution in [-0.2, 0) is 28.6 Å². The summed E-state index contributed by atoms with van der Waals surface area (Å²) >= 11 is 0. The highest BCUT2D eigenvalue weighted by atomic mass is 16.6. The first-order valence-corrected chi connectivity index (χ1v) is 23.9. The Bertz CT molecular complexity index is 1110. The Labute approximate surface area is 357 Å². The summed E-state index contributed by atoms with van der Waals surface area (Å²) in [6, 6.07) is 0.